The SMILES string of the molecule is CC(O)c1ccc(NC(=O)NCC2CCCCS2)cc1. The highest BCUT2D eigenvalue weighted by molar-refractivity contribution is 7.99. The summed E-state index contributed by atoms with van der Waals surface area (Å²) in [6.45, 7) is 2.44. The van der Waals surface area contributed by atoms with Gasteiger partial charge in [0.1, 0.15) is 0 Å². The van der Waals surface area contributed by atoms with Crippen molar-refractivity contribution in [2.45, 2.75) is 37.5 Å². The van der Waals surface area contributed by atoms with E-state index in [-0.39, 0.29) is 6.03 Å². The van der Waals surface area contributed by atoms with Crippen molar-refractivity contribution >= 4 is 23.5 Å². The summed E-state index contributed by atoms with van der Waals surface area (Å²) in [5.74, 6) is 1.20. The van der Waals surface area contributed by atoms with Gasteiger partial charge in [0.15, 0.2) is 0 Å². The Morgan fingerprint density at radius 3 is 2.75 bits per heavy atom. The monoisotopic (exact) mass is 294 g/mol. The molecular formula is C15H22N2O2S. The Balaban J connectivity index is 1.75. The van der Waals surface area contributed by atoms with Crippen molar-refractivity contribution < 1.29 is 9.90 Å². The Morgan fingerprint density at radius 2 is 2.15 bits per heavy atom. The standard InChI is InChI=1S/C15H22N2O2S/c1-11(18)12-5-7-13(8-6-12)17-15(19)16-10-14-4-2-3-9-20-14/h5-8,11,14,18H,2-4,9-10H2,1H3,(H2,16,17,19). The molecule has 1 heterocycles. The maximum Gasteiger partial charge on any atom is 0.319 e. The van der Waals surface area contributed by atoms with Gasteiger partial charge in [-0.15, -0.1) is 0 Å². The fourth-order valence-electron chi connectivity index (χ4n) is 2.20. The van der Waals surface area contributed by atoms with Gasteiger partial charge < -0.3 is 15.7 Å². The molecule has 1 fully saturated rings. The zero-order valence-corrected chi connectivity index (χ0v) is 12.6. The van der Waals surface area contributed by atoms with Crippen LogP contribution in [0.3, 0.4) is 0 Å². The summed E-state index contributed by atoms with van der Waals surface area (Å²) in [7, 11) is 0. The van der Waals surface area contributed by atoms with Gasteiger partial charge in [-0.1, -0.05) is 18.6 Å². The molecule has 20 heavy (non-hydrogen) atoms. The van der Waals surface area contributed by atoms with Crippen molar-refractivity contribution in [1.29, 1.82) is 0 Å². The van der Waals surface area contributed by atoms with E-state index in [4.69, 9.17) is 0 Å². The smallest absolute Gasteiger partial charge is 0.319 e. The minimum Gasteiger partial charge on any atom is -0.389 e. The lowest BCUT2D eigenvalue weighted by atomic mass is 10.1. The van der Waals surface area contributed by atoms with E-state index < -0.39 is 6.10 Å². The Morgan fingerprint density at radius 1 is 1.40 bits per heavy atom. The first-order chi connectivity index (χ1) is 9.65. The van der Waals surface area contributed by atoms with Crippen molar-refractivity contribution in [2.24, 2.45) is 0 Å². The van der Waals surface area contributed by atoms with E-state index >= 15 is 0 Å². The number of urea groups is 1. The molecule has 0 radical (unpaired) electrons. The molecule has 4 nitrogen and oxygen atoms in total. The van der Waals surface area contributed by atoms with Gasteiger partial charge in [-0.25, -0.2) is 4.79 Å². The van der Waals surface area contributed by atoms with Crippen LogP contribution >= 0.6 is 11.8 Å². The zero-order chi connectivity index (χ0) is 14.4. The number of aliphatic hydroxyl groups excluding tert-OH is 1. The first kappa shape index (κ1) is 15.2. The van der Waals surface area contributed by atoms with Crippen molar-refractivity contribution in [1.82, 2.24) is 5.32 Å². The quantitative estimate of drug-likeness (QED) is 0.799. The van der Waals surface area contributed by atoms with Crippen LogP contribution in [0.15, 0.2) is 24.3 Å². The molecule has 0 aromatic heterocycles. The number of amides is 2. The van der Waals surface area contributed by atoms with Crippen LogP contribution in [0.25, 0.3) is 0 Å². The molecule has 0 aliphatic carbocycles. The van der Waals surface area contributed by atoms with E-state index in [0.29, 0.717) is 5.25 Å². The Hall–Kier alpha value is -1.20. The molecule has 2 rings (SSSR count). The highest BCUT2D eigenvalue weighted by atomic mass is 32.2. The minimum atomic E-state index is -0.485. The second-order valence-electron chi connectivity index (χ2n) is 5.12. The fraction of sp³-hybridized carbons (Fsp3) is 0.533. The maximum absolute atomic E-state index is 11.8. The van der Waals surface area contributed by atoms with Crippen molar-refractivity contribution in [2.75, 3.05) is 17.6 Å². The third kappa shape index (κ3) is 4.72. The van der Waals surface area contributed by atoms with E-state index in [9.17, 15) is 9.90 Å². The number of hydrogen-bond donors (Lipinski definition) is 3. The highest BCUT2D eigenvalue weighted by Crippen LogP contribution is 2.24. The Labute approximate surface area is 124 Å². The number of carbonyl (C=O) groups excluding carboxylic acids is 1. The van der Waals surface area contributed by atoms with Crippen LogP contribution in [-0.4, -0.2) is 28.7 Å². The van der Waals surface area contributed by atoms with Gasteiger partial charge in [0.25, 0.3) is 0 Å². The van der Waals surface area contributed by atoms with Crippen LogP contribution in [-0.2, 0) is 0 Å². The Bertz CT molecular complexity index is 428. The minimum absolute atomic E-state index is 0.166. The lowest BCUT2D eigenvalue weighted by molar-refractivity contribution is 0.199. The number of hydrogen-bond acceptors (Lipinski definition) is 3. The first-order valence-corrected chi connectivity index (χ1v) is 8.14. The van der Waals surface area contributed by atoms with Crippen LogP contribution in [0.1, 0.15) is 37.9 Å². The van der Waals surface area contributed by atoms with Gasteiger partial charge in [0.2, 0.25) is 0 Å². The molecule has 110 valence electrons. The van der Waals surface area contributed by atoms with Gasteiger partial charge in [-0.3, -0.25) is 0 Å². The van der Waals surface area contributed by atoms with E-state index in [0.717, 1.165) is 17.8 Å². The predicted molar refractivity (Wildman–Crippen MR) is 84.2 cm³/mol. The lowest BCUT2D eigenvalue weighted by Gasteiger charge is -2.21. The molecule has 3 N–H and O–H groups in total. The number of aliphatic hydroxyl groups is 1. The van der Waals surface area contributed by atoms with Crippen LogP contribution in [0.5, 0.6) is 0 Å². The summed E-state index contributed by atoms with van der Waals surface area (Å²) in [5, 5.41) is 15.7. The van der Waals surface area contributed by atoms with Crippen LogP contribution in [0.4, 0.5) is 10.5 Å². The van der Waals surface area contributed by atoms with Gasteiger partial charge in [0, 0.05) is 17.5 Å². The van der Waals surface area contributed by atoms with E-state index in [1.807, 2.05) is 23.9 Å². The number of rotatable bonds is 4. The molecule has 2 unspecified atom stereocenters. The van der Waals surface area contributed by atoms with Crippen molar-refractivity contribution in [3.8, 4) is 0 Å². The highest BCUT2D eigenvalue weighted by Gasteiger charge is 2.14. The van der Waals surface area contributed by atoms with Crippen molar-refractivity contribution in [3.05, 3.63) is 29.8 Å². The fourth-order valence-corrected chi connectivity index (χ4v) is 3.43. The second-order valence-corrected chi connectivity index (χ2v) is 6.53. The average molecular weight is 294 g/mol. The first-order valence-electron chi connectivity index (χ1n) is 7.09. The molecule has 0 spiro atoms. The topological polar surface area (TPSA) is 61.4 Å². The number of nitrogens with one attached hydrogen (secondary N) is 2. The van der Waals surface area contributed by atoms with Gasteiger partial charge in [-0.05, 0) is 43.2 Å². The molecule has 1 saturated heterocycles. The number of carbonyl (C=O) groups is 1. The lowest BCUT2D eigenvalue weighted by Crippen LogP contribution is -2.35. The average Bonchev–Trinajstić information content (AvgIpc) is 2.47. The van der Waals surface area contributed by atoms with Crippen LogP contribution in [0.2, 0.25) is 0 Å². The van der Waals surface area contributed by atoms with E-state index in [2.05, 4.69) is 10.6 Å². The molecule has 1 aromatic rings. The number of thioether (sulfide) groups is 1. The van der Waals surface area contributed by atoms with E-state index in [1.54, 1.807) is 19.1 Å². The molecular weight excluding hydrogens is 272 g/mol. The van der Waals surface area contributed by atoms with Gasteiger partial charge in [0.05, 0.1) is 6.10 Å². The summed E-state index contributed by atoms with van der Waals surface area (Å²) in [4.78, 5) is 11.8. The maximum atomic E-state index is 11.8. The summed E-state index contributed by atoms with van der Waals surface area (Å²) in [5.41, 5.74) is 1.58. The normalized spacial score (nSPS) is 20.2. The molecule has 1 aliphatic rings. The van der Waals surface area contributed by atoms with Crippen LogP contribution < -0.4 is 10.6 Å². The second kappa shape index (κ2) is 7.55. The van der Waals surface area contributed by atoms with Gasteiger partial charge in [-0.2, -0.15) is 11.8 Å². The third-order valence-electron chi connectivity index (χ3n) is 3.42. The zero-order valence-electron chi connectivity index (χ0n) is 11.8. The number of anilines is 1. The largest absolute Gasteiger partial charge is 0.389 e. The predicted octanol–water partition coefficient (Wildman–Crippen LogP) is 3.15. The molecule has 2 atom stereocenters. The molecule has 1 aromatic carbocycles. The third-order valence-corrected chi connectivity index (χ3v) is 4.81. The molecule has 0 bridgehead atoms. The molecule has 2 amide bonds. The Kier molecular flexibility index (Phi) is 5.73. The summed E-state index contributed by atoms with van der Waals surface area (Å²) >= 11 is 1.95. The molecule has 1 aliphatic heterocycles. The molecule has 0 saturated carbocycles. The summed E-state index contributed by atoms with van der Waals surface area (Å²) < 4.78 is 0. The van der Waals surface area contributed by atoms with Crippen LogP contribution in [0, 0.1) is 0 Å². The summed E-state index contributed by atoms with van der Waals surface area (Å²) in [6, 6.07) is 7.07. The molecule has 5 heteroatoms. The van der Waals surface area contributed by atoms with Gasteiger partial charge >= 0.3 is 6.03 Å². The summed E-state index contributed by atoms with van der Waals surface area (Å²) in [6.07, 6.45) is 3.26. The van der Waals surface area contributed by atoms with Crippen molar-refractivity contribution in [3.63, 3.8) is 0 Å². The van der Waals surface area contributed by atoms with E-state index in [1.165, 1.54) is 25.0 Å². The number of benzene rings is 1.